The molecule has 6 heteroatoms. The van der Waals surface area contributed by atoms with Crippen molar-refractivity contribution in [3.63, 3.8) is 0 Å². The number of nitrogens with one attached hydrogen (secondary N) is 1. The van der Waals surface area contributed by atoms with Crippen LogP contribution < -0.4 is 5.32 Å². The van der Waals surface area contributed by atoms with Crippen LogP contribution >= 0.6 is 27.5 Å². The summed E-state index contributed by atoms with van der Waals surface area (Å²) in [5, 5.41) is 12.3. The number of carbonyl (C=O) groups excluding carboxylic acids is 1. The summed E-state index contributed by atoms with van der Waals surface area (Å²) in [7, 11) is 0. The maximum absolute atomic E-state index is 12.2. The molecule has 0 spiro atoms. The fraction of sp³-hybridized carbons (Fsp3) is 0.429. The number of hydrogen-bond acceptors (Lipinski definition) is 2. The van der Waals surface area contributed by atoms with Gasteiger partial charge in [-0.3, -0.25) is 9.59 Å². The number of hydrogen-bond donors (Lipinski definition) is 2. The second kappa shape index (κ2) is 6.14. The molecule has 0 radical (unpaired) electrons. The second-order valence-corrected chi connectivity index (χ2v) is 6.31. The Morgan fingerprint density at radius 2 is 2.10 bits per heavy atom. The van der Waals surface area contributed by atoms with Crippen LogP contribution in [0.5, 0.6) is 0 Å². The van der Waals surface area contributed by atoms with E-state index in [0.29, 0.717) is 29.8 Å². The molecule has 1 aliphatic carbocycles. The molecule has 20 heavy (non-hydrogen) atoms. The van der Waals surface area contributed by atoms with Crippen molar-refractivity contribution in [1.82, 2.24) is 5.32 Å². The van der Waals surface area contributed by atoms with Crippen molar-refractivity contribution in [2.24, 2.45) is 5.92 Å². The quantitative estimate of drug-likeness (QED) is 0.868. The summed E-state index contributed by atoms with van der Waals surface area (Å²) in [6.45, 7) is 1.86. The first kappa shape index (κ1) is 15.3. The third-order valence-corrected chi connectivity index (χ3v) is 5.17. The molecule has 2 atom stereocenters. The Morgan fingerprint density at radius 1 is 1.40 bits per heavy atom. The lowest BCUT2D eigenvalue weighted by atomic mass is 10.1. The van der Waals surface area contributed by atoms with E-state index in [1.165, 1.54) is 0 Å². The fourth-order valence-corrected chi connectivity index (χ4v) is 2.96. The minimum Gasteiger partial charge on any atom is -0.481 e. The van der Waals surface area contributed by atoms with E-state index >= 15 is 0 Å². The van der Waals surface area contributed by atoms with E-state index in [1.54, 1.807) is 12.1 Å². The zero-order valence-electron chi connectivity index (χ0n) is 11.0. The van der Waals surface area contributed by atoms with Crippen LogP contribution in [0.1, 0.15) is 35.2 Å². The average molecular weight is 361 g/mol. The minimum atomic E-state index is -0.788. The molecule has 0 heterocycles. The lowest BCUT2D eigenvalue weighted by Gasteiger charge is -2.13. The summed E-state index contributed by atoms with van der Waals surface area (Å²) in [5.41, 5.74) is 1.38. The molecule has 1 aromatic carbocycles. The van der Waals surface area contributed by atoms with Crippen LogP contribution in [0, 0.1) is 12.8 Å². The van der Waals surface area contributed by atoms with Gasteiger partial charge in [-0.2, -0.15) is 0 Å². The van der Waals surface area contributed by atoms with Gasteiger partial charge in [-0.15, -0.1) is 0 Å². The average Bonchev–Trinajstić information content (AvgIpc) is 2.84. The zero-order valence-corrected chi connectivity index (χ0v) is 13.3. The summed E-state index contributed by atoms with van der Waals surface area (Å²) < 4.78 is 0.780. The molecular weight excluding hydrogens is 346 g/mol. The molecule has 2 N–H and O–H groups in total. The third-order valence-electron chi connectivity index (χ3n) is 3.59. The summed E-state index contributed by atoms with van der Waals surface area (Å²) in [4.78, 5) is 23.1. The standard InChI is InChI=1S/C14H15BrClNO3/c1-7-4-9(6-11(16)12(7)15)13(18)17-10-3-2-8(5-10)14(19)20/h4,6,8,10H,2-3,5H2,1H3,(H,17,18)(H,19,20)/t8-,10+/m0/s1. The van der Waals surface area contributed by atoms with Crippen LogP contribution in [-0.2, 0) is 4.79 Å². The molecule has 1 aliphatic rings. The van der Waals surface area contributed by atoms with Crippen molar-refractivity contribution < 1.29 is 14.7 Å². The number of carbonyl (C=O) groups is 2. The van der Waals surface area contributed by atoms with E-state index in [1.807, 2.05) is 6.92 Å². The summed E-state index contributed by atoms with van der Waals surface area (Å²) in [6, 6.07) is 3.29. The van der Waals surface area contributed by atoms with Crippen LogP contribution in [0.2, 0.25) is 5.02 Å². The highest BCUT2D eigenvalue weighted by atomic mass is 79.9. The lowest BCUT2D eigenvalue weighted by molar-refractivity contribution is -0.141. The van der Waals surface area contributed by atoms with E-state index in [-0.39, 0.29) is 17.9 Å². The Labute approximate surface area is 130 Å². The van der Waals surface area contributed by atoms with Crippen LogP contribution in [-0.4, -0.2) is 23.0 Å². The SMILES string of the molecule is Cc1cc(C(=O)N[C@@H]2CC[C@H](C(=O)O)C2)cc(Cl)c1Br. The molecule has 0 unspecified atom stereocenters. The topological polar surface area (TPSA) is 66.4 Å². The maximum Gasteiger partial charge on any atom is 0.306 e. The Morgan fingerprint density at radius 3 is 2.65 bits per heavy atom. The maximum atomic E-state index is 12.2. The molecule has 0 aromatic heterocycles. The lowest BCUT2D eigenvalue weighted by Crippen LogP contribution is -2.33. The van der Waals surface area contributed by atoms with Gasteiger partial charge in [0, 0.05) is 16.1 Å². The van der Waals surface area contributed by atoms with Crippen molar-refractivity contribution >= 4 is 39.4 Å². The molecule has 2 rings (SSSR count). The predicted octanol–water partition coefficient (Wildman–Crippen LogP) is 3.39. The monoisotopic (exact) mass is 359 g/mol. The number of aryl methyl sites for hydroxylation is 1. The first-order valence-corrected chi connectivity index (χ1v) is 7.55. The molecule has 0 saturated heterocycles. The molecule has 108 valence electrons. The van der Waals surface area contributed by atoms with Gasteiger partial charge in [0.05, 0.1) is 10.9 Å². The third kappa shape index (κ3) is 3.33. The molecule has 1 saturated carbocycles. The van der Waals surface area contributed by atoms with Gasteiger partial charge in [0.2, 0.25) is 0 Å². The molecule has 4 nitrogen and oxygen atoms in total. The Hall–Kier alpha value is -1.07. The van der Waals surface area contributed by atoms with E-state index in [9.17, 15) is 9.59 Å². The Bertz CT molecular complexity index is 538. The van der Waals surface area contributed by atoms with Crippen LogP contribution in [0.3, 0.4) is 0 Å². The highest BCUT2D eigenvalue weighted by Crippen LogP contribution is 2.29. The van der Waals surface area contributed by atoms with Gasteiger partial charge >= 0.3 is 5.97 Å². The van der Waals surface area contributed by atoms with Crippen LogP contribution in [0.4, 0.5) is 0 Å². The van der Waals surface area contributed by atoms with Crippen LogP contribution in [0.25, 0.3) is 0 Å². The van der Waals surface area contributed by atoms with E-state index in [0.717, 1.165) is 10.0 Å². The molecule has 1 aromatic rings. The van der Waals surface area contributed by atoms with Crippen molar-refractivity contribution in [3.05, 3.63) is 32.8 Å². The second-order valence-electron chi connectivity index (χ2n) is 5.11. The molecular formula is C14H15BrClNO3. The van der Waals surface area contributed by atoms with Crippen molar-refractivity contribution in [3.8, 4) is 0 Å². The molecule has 0 bridgehead atoms. The van der Waals surface area contributed by atoms with Gasteiger partial charge in [0.1, 0.15) is 0 Å². The van der Waals surface area contributed by atoms with Gasteiger partial charge in [0.25, 0.3) is 5.91 Å². The van der Waals surface area contributed by atoms with E-state index in [4.69, 9.17) is 16.7 Å². The van der Waals surface area contributed by atoms with Gasteiger partial charge in [-0.05, 0) is 59.8 Å². The van der Waals surface area contributed by atoms with Crippen LogP contribution in [0.15, 0.2) is 16.6 Å². The number of carboxylic acids is 1. The molecule has 1 fully saturated rings. The molecule has 0 aliphatic heterocycles. The van der Waals surface area contributed by atoms with Crippen molar-refractivity contribution in [2.75, 3.05) is 0 Å². The number of aliphatic carboxylic acids is 1. The summed E-state index contributed by atoms with van der Waals surface area (Å²) >= 11 is 9.39. The van der Waals surface area contributed by atoms with E-state index in [2.05, 4.69) is 21.2 Å². The largest absolute Gasteiger partial charge is 0.481 e. The van der Waals surface area contributed by atoms with Gasteiger partial charge in [0.15, 0.2) is 0 Å². The van der Waals surface area contributed by atoms with Gasteiger partial charge < -0.3 is 10.4 Å². The summed E-state index contributed by atoms with van der Waals surface area (Å²) in [6.07, 6.45) is 1.80. The van der Waals surface area contributed by atoms with E-state index < -0.39 is 5.97 Å². The Kier molecular flexibility index (Phi) is 4.70. The van der Waals surface area contributed by atoms with Gasteiger partial charge in [-0.1, -0.05) is 11.6 Å². The number of benzene rings is 1. The van der Waals surface area contributed by atoms with Crippen molar-refractivity contribution in [1.29, 1.82) is 0 Å². The van der Waals surface area contributed by atoms with Crippen molar-refractivity contribution in [2.45, 2.75) is 32.2 Å². The molecule has 1 amide bonds. The minimum absolute atomic E-state index is 0.0775. The highest BCUT2D eigenvalue weighted by molar-refractivity contribution is 9.10. The number of halogens is 2. The fourth-order valence-electron chi connectivity index (χ4n) is 2.46. The Balaban J connectivity index is 2.04. The first-order chi connectivity index (χ1) is 9.38. The first-order valence-electron chi connectivity index (χ1n) is 6.37. The predicted molar refractivity (Wildman–Crippen MR) is 80.1 cm³/mol. The normalized spacial score (nSPS) is 21.8. The zero-order chi connectivity index (χ0) is 14.9. The number of amides is 1. The highest BCUT2D eigenvalue weighted by Gasteiger charge is 2.30. The van der Waals surface area contributed by atoms with Gasteiger partial charge in [-0.25, -0.2) is 0 Å². The number of rotatable bonds is 3. The summed E-state index contributed by atoms with van der Waals surface area (Å²) in [5.74, 6) is -1.35. The smallest absolute Gasteiger partial charge is 0.306 e. The number of carboxylic acid groups (broad SMARTS) is 1.